The lowest BCUT2D eigenvalue weighted by Crippen LogP contribution is -2.32. The first kappa shape index (κ1) is 17.9. The van der Waals surface area contributed by atoms with Gasteiger partial charge in [0.2, 0.25) is 11.8 Å². The molecule has 0 bridgehead atoms. The Bertz CT molecular complexity index is 1020. The van der Waals surface area contributed by atoms with Crippen molar-refractivity contribution in [3.05, 3.63) is 95.6 Å². The van der Waals surface area contributed by atoms with Crippen molar-refractivity contribution in [2.24, 2.45) is 0 Å². The molecule has 2 heterocycles. The van der Waals surface area contributed by atoms with Crippen LogP contribution in [0.2, 0.25) is 0 Å². The van der Waals surface area contributed by atoms with Crippen LogP contribution < -0.4 is 10.6 Å². The Morgan fingerprint density at radius 2 is 1.93 bits per heavy atom. The van der Waals surface area contributed by atoms with Crippen LogP contribution >= 0.6 is 0 Å². The Labute approximate surface area is 161 Å². The Hall–Kier alpha value is -3.54. The highest BCUT2D eigenvalue weighted by Crippen LogP contribution is 2.34. The van der Waals surface area contributed by atoms with Gasteiger partial charge < -0.3 is 10.6 Å². The lowest BCUT2D eigenvalue weighted by molar-refractivity contribution is -0.125. The number of aromatic nitrogens is 1. The van der Waals surface area contributed by atoms with Crippen molar-refractivity contribution in [2.75, 3.05) is 5.32 Å². The zero-order valence-corrected chi connectivity index (χ0v) is 14.9. The molecule has 28 heavy (non-hydrogen) atoms. The van der Waals surface area contributed by atoms with Crippen LogP contribution in [0.3, 0.4) is 0 Å². The molecule has 0 radical (unpaired) electrons. The van der Waals surface area contributed by atoms with E-state index in [1.807, 2.05) is 24.3 Å². The lowest BCUT2D eigenvalue weighted by atomic mass is 9.96. The number of pyridine rings is 1. The molecule has 5 nitrogen and oxygen atoms in total. The number of carbonyl (C=O) groups is 2. The van der Waals surface area contributed by atoms with E-state index in [0.717, 1.165) is 11.3 Å². The molecule has 0 fully saturated rings. The second-order valence-corrected chi connectivity index (χ2v) is 6.64. The summed E-state index contributed by atoms with van der Waals surface area (Å²) in [5.41, 5.74) is 2.72. The second-order valence-electron chi connectivity index (χ2n) is 6.64. The summed E-state index contributed by atoms with van der Waals surface area (Å²) in [7, 11) is 0. The fourth-order valence-electron chi connectivity index (χ4n) is 3.44. The molecule has 2 N–H and O–H groups in total. The molecule has 2 atom stereocenters. The number of hydrogen-bond donors (Lipinski definition) is 2. The van der Waals surface area contributed by atoms with Gasteiger partial charge in [0.1, 0.15) is 5.82 Å². The van der Waals surface area contributed by atoms with Crippen molar-refractivity contribution in [1.29, 1.82) is 0 Å². The van der Waals surface area contributed by atoms with Crippen molar-refractivity contribution in [3.8, 4) is 0 Å². The van der Waals surface area contributed by atoms with Crippen LogP contribution in [0.25, 0.3) is 0 Å². The fraction of sp³-hybridized carbons (Fsp3) is 0.136. The van der Waals surface area contributed by atoms with E-state index in [2.05, 4.69) is 15.6 Å². The molecule has 1 aliphatic rings. The number of carbonyl (C=O) groups excluding carboxylic acids is 2. The van der Waals surface area contributed by atoms with Crippen LogP contribution in [0.5, 0.6) is 0 Å². The van der Waals surface area contributed by atoms with E-state index >= 15 is 0 Å². The highest BCUT2D eigenvalue weighted by molar-refractivity contribution is 6.04. The number of hydrogen-bond acceptors (Lipinski definition) is 3. The van der Waals surface area contributed by atoms with Gasteiger partial charge in [0.05, 0.1) is 17.7 Å². The average molecular weight is 375 g/mol. The van der Waals surface area contributed by atoms with Gasteiger partial charge >= 0.3 is 0 Å². The molecule has 3 aromatic rings. The Balaban J connectivity index is 1.57. The molecule has 2 aromatic carbocycles. The van der Waals surface area contributed by atoms with Gasteiger partial charge in [0.25, 0.3) is 0 Å². The second kappa shape index (κ2) is 7.60. The number of fused-ring (bicyclic) bond motifs is 1. The first-order chi connectivity index (χ1) is 13.6. The SMILES string of the molecule is O=C(CC1C(=O)Nc2ccccc21)NC(c1cccc(F)c1)c1ccccn1. The minimum Gasteiger partial charge on any atom is -0.344 e. The molecule has 6 heteroatoms. The van der Waals surface area contributed by atoms with Gasteiger partial charge in [-0.2, -0.15) is 0 Å². The molecule has 0 aliphatic carbocycles. The van der Waals surface area contributed by atoms with Crippen molar-refractivity contribution in [3.63, 3.8) is 0 Å². The van der Waals surface area contributed by atoms with Crippen molar-refractivity contribution < 1.29 is 14.0 Å². The number of para-hydroxylation sites is 1. The first-order valence-electron chi connectivity index (χ1n) is 8.97. The minimum absolute atomic E-state index is 0.00148. The highest BCUT2D eigenvalue weighted by Gasteiger charge is 2.32. The summed E-state index contributed by atoms with van der Waals surface area (Å²) >= 11 is 0. The Morgan fingerprint density at radius 3 is 2.71 bits per heavy atom. The number of nitrogens with zero attached hydrogens (tertiary/aromatic N) is 1. The maximum Gasteiger partial charge on any atom is 0.232 e. The Kier molecular flexibility index (Phi) is 4.85. The Morgan fingerprint density at radius 1 is 1.11 bits per heavy atom. The van der Waals surface area contributed by atoms with Crippen molar-refractivity contribution in [1.82, 2.24) is 10.3 Å². The van der Waals surface area contributed by atoms with E-state index in [4.69, 9.17) is 0 Å². The molecule has 4 rings (SSSR count). The number of rotatable bonds is 5. The van der Waals surface area contributed by atoms with Crippen LogP contribution in [0.15, 0.2) is 72.9 Å². The van der Waals surface area contributed by atoms with E-state index in [-0.39, 0.29) is 18.2 Å². The van der Waals surface area contributed by atoms with Gasteiger partial charge in [0, 0.05) is 18.3 Å². The predicted molar refractivity (Wildman–Crippen MR) is 103 cm³/mol. The van der Waals surface area contributed by atoms with Gasteiger partial charge in [-0.1, -0.05) is 36.4 Å². The molecular weight excluding hydrogens is 357 g/mol. The molecule has 1 aliphatic heterocycles. The van der Waals surface area contributed by atoms with Gasteiger partial charge in [-0.05, 0) is 41.5 Å². The number of halogens is 1. The zero-order chi connectivity index (χ0) is 19.5. The van der Waals surface area contributed by atoms with Crippen LogP contribution in [0.4, 0.5) is 10.1 Å². The molecule has 2 unspecified atom stereocenters. The number of amides is 2. The molecule has 1 aromatic heterocycles. The van der Waals surface area contributed by atoms with Crippen LogP contribution in [0, 0.1) is 5.82 Å². The standard InChI is InChI=1S/C22H18FN3O2/c23-15-7-5-6-14(12-15)21(19-10-3-4-11-24-19)26-20(27)13-17-16-8-1-2-9-18(16)25-22(17)28/h1-12,17,21H,13H2,(H,25,28)(H,26,27). The third-order valence-corrected chi connectivity index (χ3v) is 4.77. The van der Waals surface area contributed by atoms with E-state index in [9.17, 15) is 14.0 Å². The molecule has 0 saturated heterocycles. The van der Waals surface area contributed by atoms with E-state index in [1.165, 1.54) is 12.1 Å². The van der Waals surface area contributed by atoms with Crippen LogP contribution in [-0.2, 0) is 9.59 Å². The number of nitrogens with one attached hydrogen (secondary N) is 2. The summed E-state index contributed by atoms with van der Waals surface area (Å²) < 4.78 is 13.7. The van der Waals surface area contributed by atoms with Gasteiger partial charge in [-0.15, -0.1) is 0 Å². The van der Waals surface area contributed by atoms with Crippen molar-refractivity contribution in [2.45, 2.75) is 18.4 Å². The summed E-state index contributed by atoms with van der Waals surface area (Å²) in [6.07, 6.45) is 1.62. The highest BCUT2D eigenvalue weighted by atomic mass is 19.1. The first-order valence-corrected chi connectivity index (χ1v) is 8.97. The fourth-order valence-corrected chi connectivity index (χ4v) is 3.44. The van der Waals surface area contributed by atoms with E-state index in [1.54, 1.807) is 36.5 Å². The summed E-state index contributed by atoms with van der Waals surface area (Å²) in [5, 5.41) is 5.70. The smallest absolute Gasteiger partial charge is 0.232 e. The lowest BCUT2D eigenvalue weighted by Gasteiger charge is -2.20. The molecule has 0 spiro atoms. The third kappa shape index (κ3) is 3.62. The average Bonchev–Trinajstić information content (AvgIpc) is 3.02. The maximum atomic E-state index is 13.7. The van der Waals surface area contributed by atoms with Crippen LogP contribution in [-0.4, -0.2) is 16.8 Å². The summed E-state index contributed by atoms with van der Waals surface area (Å²) in [6, 6.07) is 18.1. The number of benzene rings is 2. The topological polar surface area (TPSA) is 71.1 Å². The van der Waals surface area contributed by atoms with E-state index in [0.29, 0.717) is 11.3 Å². The quantitative estimate of drug-likeness (QED) is 0.716. The molecule has 0 saturated carbocycles. The molecule has 140 valence electrons. The van der Waals surface area contributed by atoms with Crippen LogP contribution in [0.1, 0.15) is 35.2 Å². The summed E-state index contributed by atoms with van der Waals surface area (Å²) in [5.74, 6) is -1.45. The van der Waals surface area contributed by atoms with Gasteiger partial charge in [-0.25, -0.2) is 4.39 Å². The zero-order valence-electron chi connectivity index (χ0n) is 14.9. The van der Waals surface area contributed by atoms with Gasteiger partial charge in [0.15, 0.2) is 0 Å². The van der Waals surface area contributed by atoms with E-state index < -0.39 is 17.8 Å². The normalized spacial score (nSPS) is 16.2. The molecular formula is C22H18FN3O2. The maximum absolute atomic E-state index is 13.7. The minimum atomic E-state index is -0.607. The molecule has 2 amide bonds. The third-order valence-electron chi connectivity index (χ3n) is 4.77. The van der Waals surface area contributed by atoms with Crippen molar-refractivity contribution >= 4 is 17.5 Å². The summed E-state index contributed by atoms with van der Waals surface area (Å²) in [4.78, 5) is 29.4. The monoisotopic (exact) mass is 375 g/mol. The predicted octanol–water partition coefficient (Wildman–Crippen LogP) is 3.55. The number of anilines is 1. The summed E-state index contributed by atoms with van der Waals surface area (Å²) in [6.45, 7) is 0. The van der Waals surface area contributed by atoms with Gasteiger partial charge in [-0.3, -0.25) is 14.6 Å². The largest absolute Gasteiger partial charge is 0.344 e.